The number of ether oxygens (including phenoxy) is 1. The van der Waals surface area contributed by atoms with Crippen molar-refractivity contribution in [3.63, 3.8) is 0 Å². The van der Waals surface area contributed by atoms with Crippen molar-refractivity contribution in [2.24, 2.45) is 0 Å². The minimum atomic E-state index is -0.815. The number of amides is 2. The standard InChI is InChI=1S/C32H30ClN3O5/c1-36(27-18-15-24(33)21-28(27)41-20-7-3-6-12-29(37)38)32(40)23-13-16-25(17-14-23)35-31(39)26-11-8-19-34-30(26)22-9-4-2-5-10-22/h2,4-5,8-11,13-19,21H,3,6-7,12,20H2,1H3,(H,35,39)(H,37,38). The zero-order valence-corrected chi connectivity index (χ0v) is 23.3. The highest BCUT2D eigenvalue weighted by Gasteiger charge is 2.19. The molecule has 0 atom stereocenters. The van der Waals surface area contributed by atoms with Crippen molar-refractivity contribution in [1.29, 1.82) is 0 Å². The van der Waals surface area contributed by atoms with Crippen molar-refractivity contribution < 1.29 is 24.2 Å². The molecule has 3 aromatic carbocycles. The van der Waals surface area contributed by atoms with E-state index in [0.29, 0.717) is 64.8 Å². The first-order valence-electron chi connectivity index (χ1n) is 13.2. The number of aromatic nitrogens is 1. The van der Waals surface area contributed by atoms with Crippen LogP contribution in [0.1, 0.15) is 46.4 Å². The number of rotatable bonds is 12. The van der Waals surface area contributed by atoms with E-state index in [1.54, 1.807) is 67.8 Å². The van der Waals surface area contributed by atoms with Crippen LogP contribution in [-0.4, -0.2) is 41.5 Å². The Morgan fingerprint density at radius 2 is 1.68 bits per heavy atom. The summed E-state index contributed by atoms with van der Waals surface area (Å²) in [4.78, 5) is 42.9. The molecule has 1 aromatic heterocycles. The van der Waals surface area contributed by atoms with Gasteiger partial charge in [0.1, 0.15) is 5.75 Å². The Bertz CT molecular complexity index is 1510. The number of hydrogen-bond donors (Lipinski definition) is 2. The molecule has 0 spiro atoms. The predicted molar refractivity (Wildman–Crippen MR) is 160 cm³/mol. The number of unbranched alkanes of at least 4 members (excludes halogenated alkanes) is 2. The van der Waals surface area contributed by atoms with Crippen molar-refractivity contribution in [1.82, 2.24) is 4.98 Å². The summed E-state index contributed by atoms with van der Waals surface area (Å²) in [5.74, 6) is -0.931. The van der Waals surface area contributed by atoms with Crippen molar-refractivity contribution in [3.8, 4) is 17.0 Å². The van der Waals surface area contributed by atoms with Crippen molar-refractivity contribution >= 4 is 40.8 Å². The van der Waals surface area contributed by atoms with Crippen LogP contribution in [0.5, 0.6) is 5.75 Å². The Hall–Kier alpha value is -4.69. The number of carbonyl (C=O) groups excluding carboxylic acids is 2. The molecule has 0 radical (unpaired) electrons. The van der Waals surface area contributed by atoms with Gasteiger partial charge in [0.05, 0.1) is 23.6 Å². The normalized spacial score (nSPS) is 10.6. The summed E-state index contributed by atoms with van der Waals surface area (Å²) in [6.07, 6.45) is 3.74. The quantitative estimate of drug-likeness (QED) is 0.178. The predicted octanol–water partition coefficient (Wildman–Crippen LogP) is 6.95. The van der Waals surface area contributed by atoms with E-state index >= 15 is 0 Å². The SMILES string of the molecule is CN(C(=O)c1ccc(NC(=O)c2cccnc2-c2ccccc2)cc1)c1ccc(Cl)cc1OCCCCCC(=O)O. The molecule has 1 heterocycles. The molecule has 41 heavy (non-hydrogen) atoms. The number of carbonyl (C=O) groups is 3. The Morgan fingerprint density at radius 3 is 2.41 bits per heavy atom. The summed E-state index contributed by atoms with van der Waals surface area (Å²) in [5.41, 5.74) is 3.37. The molecule has 2 N–H and O–H groups in total. The number of nitrogens with zero attached hydrogens (tertiary/aromatic N) is 2. The summed E-state index contributed by atoms with van der Waals surface area (Å²) >= 11 is 6.18. The summed E-state index contributed by atoms with van der Waals surface area (Å²) in [5, 5.41) is 12.1. The lowest BCUT2D eigenvalue weighted by Crippen LogP contribution is -2.26. The number of aliphatic carboxylic acids is 1. The van der Waals surface area contributed by atoms with Gasteiger partial charge in [-0.05, 0) is 67.8 Å². The fourth-order valence-electron chi connectivity index (χ4n) is 4.23. The molecule has 210 valence electrons. The zero-order valence-electron chi connectivity index (χ0n) is 22.5. The monoisotopic (exact) mass is 571 g/mol. The van der Waals surface area contributed by atoms with Crippen LogP contribution < -0.4 is 15.0 Å². The van der Waals surface area contributed by atoms with Crippen LogP contribution in [-0.2, 0) is 4.79 Å². The lowest BCUT2D eigenvalue weighted by molar-refractivity contribution is -0.137. The second-order valence-electron chi connectivity index (χ2n) is 9.33. The van der Waals surface area contributed by atoms with Crippen molar-refractivity contribution in [3.05, 3.63) is 107 Å². The van der Waals surface area contributed by atoms with Gasteiger partial charge in [-0.1, -0.05) is 41.9 Å². The largest absolute Gasteiger partial charge is 0.491 e. The van der Waals surface area contributed by atoms with E-state index in [1.165, 1.54) is 4.90 Å². The third-order valence-corrected chi connectivity index (χ3v) is 6.60. The molecule has 4 rings (SSSR count). The van der Waals surface area contributed by atoms with Gasteiger partial charge in [-0.3, -0.25) is 19.4 Å². The number of halogens is 1. The number of carboxylic acid groups (broad SMARTS) is 1. The third-order valence-electron chi connectivity index (χ3n) is 6.37. The fourth-order valence-corrected chi connectivity index (χ4v) is 4.39. The summed E-state index contributed by atoms with van der Waals surface area (Å²) < 4.78 is 5.90. The van der Waals surface area contributed by atoms with Crippen molar-refractivity contribution in [2.75, 3.05) is 23.9 Å². The summed E-state index contributed by atoms with van der Waals surface area (Å²) in [6.45, 7) is 0.367. The fraction of sp³-hybridized carbons (Fsp3) is 0.188. The van der Waals surface area contributed by atoms with Gasteiger partial charge in [0, 0.05) is 47.6 Å². The Balaban J connectivity index is 1.41. The molecule has 0 fully saturated rings. The minimum absolute atomic E-state index is 0.125. The summed E-state index contributed by atoms with van der Waals surface area (Å²) in [7, 11) is 1.65. The molecular formula is C32H30ClN3O5. The Labute approximate surface area is 243 Å². The molecule has 0 unspecified atom stereocenters. The second kappa shape index (κ2) is 14.1. The van der Waals surface area contributed by atoms with Gasteiger partial charge < -0.3 is 20.1 Å². The van der Waals surface area contributed by atoms with Gasteiger partial charge in [0.15, 0.2) is 0 Å². The van der Waals surface area contributed by atoms with E-state index in [2.05, 4.69) is 10.3 Å². The van der Waals surface area contributed by atoms with Crippen molar-refractivity contribution in [2.45, 2.75) is 25.7 Å². The molecule has 0 aliphatic heterocycles. The van der Waals surface area contributed by atoms with Crippen LogP contribution >= 0.6 is 11.6 Å². The van der Waals surface area contributed by atoms with E-state index < -0.39 is 5.97 Å². The number of hydrogen-bond acceptors (Lipinski definition) is 5. The third kappa shape index (κ3) is 7.93. The highest BCUT2D eigenvalue weighted by atomic mass is 35.5. The first-order chi connectivity index (χ1) is 19.8. The number of carboxylic acids is 1. The van der Waals surface area contributed by atoms with E-state index in [-0.39, 0.29) is 18.2 Å². The van der Waals surface area contributed by atoms with Crippen LogP contribution in [0.2, 0.25) is 5.02 Å². The van der Waals surface area contributed by atoms with Gasteiger partial charge in [-0.15, -0.1) is 0 Å². The minimum Gasteiger partial charge on any atom is -0.491 e. The molecule has 0 aliphatic carbocycles. The molecule has 0 saturated heterocycles. The number of nitrogens with one attached hydrogen (secondary N) is 1. The Kier molecular flexibility index (Phi) is 10.1. The van der Waals surface area contributed by atoms with Crippen LogP contribution in [0.15, 0.2) is 91.1 Å². The van der Waals surface area contributed by atoms with Gasteiger partial charge in [-0.2, -0.15) is 0 Å². The van der Waals surface area contributed by atoms with Crippen LogP contribution in [0.4, 0.5) is 11.4 Å². The van der Waals surface area contributed by atoms with Gasteiger partial charge in [0.2, 0.25) is 0 Å². The molecule has 0 saturated carbocycles. The first kappa shape index (κ1) is 29.3. The highest BCUT2D eigenvalue weighted by molar-refractivity contribution is 6.30. The van der Waals surface area contributed by atoms with Gasteiger partial charge in [-0.25, -0.2) is 0 Å². The first-order valence-corrected chi connectivity index (χ1v) is 13.6. The number of pyridine rings is 1. The highest BCUT2D eigenvalue weighted by Crippen LogP contribution is 2.32. The molecule has 4 aromatic rings. The lowest BCUT2D eigenvalue weighted by atomic mass is 10.1. The molecule has 2 amide bonds. The van der Waals surface area contributed by atoms with Gasteiger partial charge >= 0.3 is 5.97 Å². The molecule has 0 bridgehead atoms. The maximum atomic E-state index is 13.3. The maximum Gasteiger partial charge on any atom is 0.303 e. The smallest absolute Gasteiger partial charge is 0.303 e. The van der Waals surface area contributed by atoms with E-state index in [1.807, 2.05) is 30.3 Å². The average Bonchev–Trinajstić information content (AvgIpc) is 2.99. The maximum absolute atomic E-state index is 13.3. The lowest BCUT2D eigenvalue weighted by Gasteiger charge is -2.21. The van der Waals surface area contributed by atoms with E-state index in [0.717, 1.165) is 5.56 Å². The van der Waals surface area contributed by atoms with Crippen LogP contribution in [0.25, 0.3) is 11.3 Å². The van der Waals surface area contributed by atoms with E-state index in [9.17, 15) is 14.4 Å². The second-order valence-corrected chi connectivity index (χ2v) is 9.76. The molecule has 9 heteroatoms. The average molecular weight is 572 g/mol. The van der Waals surface area contributed by atoms with Crippen LogP contribution in [0.3, 0.4) is 0 Å². The topological polar surface area (TPSA) is 109 Å². The zero-order chi connectivity index (χ0) is 29.2. The number of anilines is 2. The van der Waals surface area contributed by atoms with E-state index in [4.69, 9.17) is 21.4 Å². The number of benzene rings is 3. The summed E-state index contributed by atoms with van der Waals surface area (Å²) in [6, 6.07) is 24.6. The molecular weight excluding hydrogens is 542 g/mol. The van der Waals surface area contributed by atoms with Crippen LogP contribution in [0, 0.1) is 0 Å². The Morgan fingerprint density at radius 1 is 0.927 bits per heavy atom. The molecule has 8 nitrogen and oxygen atoms in total. The molecule has 0 aliphatic rings. The van der Waals surface area contributed by atoms with Gasteiger partial charge in [0.25, 0.3) is 11.8 Å².